The van der Waals surface area contributed by atoms with Gasteiger partial charge in [0.1, 0.15) is 23.9 Å². The van der Waals surface area contributed by atoms with Crippen molar-refractivity contribution in [2.45, 2.75) is 110 Å². The fourth-order valence-electron chi connectivity index (χ4n) is 5.46. The van der Waals surface area contributed by atoms with Gasteiger partial charge in [-0.05, 0) is 47.4 Å². The highest BCUT2D eigenvalue weighted by atomic mass is 19.4. The first-order valence-corrected chi connectivity index (χ1v) is 17.4. The molecule has 0 saturated carbocycles. The number of alkyl halides is 3. The summed E-state index contributed by atoms with van der Waals surface area (Å²) in [5.41, 5.74) is 7.62. The van der Waals surface area contributed by atoms with E-state index in [0.29, 0.717) is 12.8 Å². The molecule has 15 heteroatoms. The summed E-state index contributed by atoms with van der Waals surface area (Å²) in [6.45, 7) is 10.5. The molecule has 0 bridgehead atoms. The zero-order valence-electron chi connectivity index (χ0n) is 30.5. The molecule has 2 aromatic rings. The predicted octanol–water partition coefficient (Wildman–Crippen LogP) is 3.86. The summed E-state index contributed by atoms with van der Waals surface area (Å²) in [5, 5.41) is 20.4. The lowest BCUT2D eigenvalue weighted by Gasteiger charge is -2.30. The molecule has 52 heavy (non-hydrogen) atoms. The van der Waals surface area contributed by atoms with E-state index in [9.17, 15) is 42.3 Å². The van der Waals surface area contributed by atoms with Crippen molar-refractivity contribution in [3.05, 3.63) is 65.7 Å². The number of rotatable bonds is 20. The third-order valence-corrected chi connectivity index (χ3v) is 8.92. The van der Waals surface area contributed by atoms with E-state index in [-0.39, 0.29) is 36.7 Å². The smallest absolute Gasteiger partial charge is 0.480 e. The molecule has 0 radical (unpaired) electrons. The Bertz CT molecular complexity index is 1490. The van der Waals surface area contributed by atoms with Crippen LogP contribution in [-0.2, 0) is 36.8 Å². The van der Waals surface area contributed by atoms with Gasteiger partial charge < -0.3 is 36.8 Å². The SMILES string of the molecule is CC[C@H](C)[C@H](NC(=O)C[C@H](N)[C@H](Cc1ccccc1)NC(=O)[C@@H](NC(=O)Cc1cccc(OC(F)(F)F)c1)[C@@H](C)CC)C(=O)NC(C(=O)O)C(C)C. The number of halogens is 3. The molecule has 0 aliphatic carbocycles. The Hall–Kier alpha value is -4.66. The van der Waals surface area contributed by atoms with E-state index < -0.39 is 77.8 Å². The highest BCUT2D eigenvalue weighted by Gasteiger charge is 2.34. The number of amides is 4. The number of ether oxygens (including phenoxy) is 1. The largest absolute Gasteiger partial charge is 0.573 e. The Morgan fingerprint density at radius 3 is 1.81 bits per heavy atom. The van der Waals surface area contributed by atoms with E-state index in [4.69, 9.17) is 5.73 Å². The lowest BCUT2D eigenvalue weighted by atomic mass is 9.93. The Balaban J connectivity index is 2.25. The Labute approximate surface area is 302 Å². The van der Waals surface area contributed by atoms with Crippen molar-refractivity contribution in [2.75, 3.05) is 0 Å². The standard InChI is InChI=1S/C37H52F3N5O7/c1-7-22(5)32(43-29(46)19-25-15-12-16-26(17-25)52-37(38,39)40)34(48)42-28(18-24-13-10-9-11-14-24)27(41)20-30(47)44-33(23(6)8-2)35(49)45-31(21(3)4)36(50)51/h9-17,21-23,27-28,31-33H,7-8,18-20,41H2,1-6H3,(H,42,48)(H,43,46)(H,44,47)(H,45,49)(H,50,51)/t22-,23-,27-,28-,31?,32-,33-/m0/s1. The van der Waals surface area contributed by atoms with Crippen LogP contribution in [0.15, 0.2) is 54.6 Å². The highest BCUT2D eigenvalue weighted by molar-refractivity contribution is 5.91. The van der Waals surface area contributed by atoms with Crippen molar-refractivity contribution in [3.8, 4) is 5.75 Å². The molecule has 7 N–H and O–H groups in total. The Kier molecular flexibility index (Phi) is 17.1. The van der Waals surface area contributed by atoms with Crippen LogP contribution in [0.4, 0.5) is 13.2 Å². The highest BCUT2D eigenvalue weighted by Crippen LogP contribution is 2.23. The van der Waals surface area contributed by atoms with E-state index in [0.717, 1.165) is 17.7 Å². The molecule has 4 amide bonds. The van der Waals surface area contributed by atoms with Gasteiger partial charge in [-0.25, -0.2) is 4.79 Å². The van der Waals surface area contributed by atoms with E-state index in [2.05, 4.69) is 26.0 Å². The molecule has 2 aromatic carbocycles. The maximum absolute atomic E-state index is 13.8. The lowest BCUT2D eigenvalue weighted by Crippen LogP contribution is -2.58. The third-order valence-electron chi connectivity index (χ3n) is 8.92. The number of benzene rings is 2. The summed E-state index contributed by atoms with van der Waals surface area (Å²) in [6, 6.07) is 9.06. The van der Waals surface area contributed by atoms with Crippen LogP contribution in [0.3, 0.4) is 0 Å². The molecule has 12 nitrogen and oxygen atoms in total. The van der Waals surface area contributed by atoms with Gasteiger partial charge in [0.05, 0.1) is 6.42 Å². The van der Waals surface area contributed by atoms with Gasteiger partial charge in [0.15, 0.2) is 0 Å². The molecule has 0 saturated heterocycles. The monoisotopic (exact) mass is 735 g/mol. The number of carbonyl (C=O) groups excluding carboxylic acids is 4. The van der Waals surface area contributed by atoms with E-state index in [1.165, 1.54) is 12.1 Å². The topological polar surface area (TPSA) is 189 Å². The summed E-state index contributed by atoms with van der Waals surface area (Å²) >= 11 is 0. The predicted molar refractivity (Wildman–Crippen MR) is 189 cm³/mol. The minimum absolute atomic E-state index is 0.220. The lowest BCUT2D eigenvalue weighted by molar-refractivity contribution is -0.274. The molecule has 0 fully saturated rings. The van der Waals surface area contributed by atoms with Gasteiger partial charge in [-0.15, -0.1) is 13.2 Å². The Morgan fingerprint density at radius 2 is 1.29 bits per heavy atom. The fourth-order valence-corrected chi connectivity index (χ4v) is 5.46. The number of nitrogens with one attached hydrogen (secondary N) is 4. The average molecular weight is 736 g/mol. The second kappa shape index (κ2) is 20.4. The first-order chi connectivity index (χ1) is 24.3. The van der Waals surface area contributed by atoms with Crippen molar-refractivity contribution >= 4 is 29.6 Å². The number of nitrogens with two attached hydrogens (primary N) is 1. The number of hydrogen-bond donors (Lipinski definition) is 6. The van der Waals surface area contributed by atoms with Crippen LogP contribution in [0.25, 0.3) is 0 Å². The van der Waals surface area contributed by atoms with E-state index in [1.807, 2.05) is 32.0 Å². The molecular weight excluding hydrogens is 683 g/mol. The Morgan fingerprint density at radius 1 is 0.750 bits per heavy atom. The number of carboxylic acids is 1. The van der Waals surface area contributed by atoms with Gasteiger partial charge >= 0.3 is 12.3 Å². The zero-order chi connectivity index (χ0) is 39.2. The van der Waals surface area contributed by atoms with Crippen molar-refractivity contribution < 1.29 is 47.0 Å². The van der Waals surface area contributed by atoms with Crippen molar-refractivity contribution in [2.24, 2.45) is 23.5 Å². The number of aliphatic carboxylic acids is 1. The first-order valence-electron chi connectivity index (χ1n) is 17.4. The minimum atomic E-state index is -4.90. The van der Waals surface area contributed by atoms with Crippen LogP contribution in [0.1, 0.15) is 71.9 Å². The summed E-state index contributed by atoms with van der Waals surface area (Å²) in [4.78, 5) is 65.2. The van der Waals surface area contributed by atoms with Crippen LogP contribution in [0.5, 0.6) is 5.75 Å². The first kappa shape index (κ1) is 43.5. The van der Waals surface area contributed by atoms with Crippen LogP contribution in [-0.4, -0.2) is 71.3 Å². The molecule has 0 aromatic heterocycles. The number of carbonyl (C=O) groups is 5. The second-order valence-electron chi connectivity index (χ2n) is 13.5. The van der Waals surface area contributed by atoms with Gasteiger partial charge in [0.25, 0.3) is 0 Å². The molecular formula is C37H52F3N5O7. The molecule has 0 aliphatic rings. The van der Waals surface area contributed by atoms with Gasteiger partial charge in [0.2, 0.25) is 23.6 Å². The van der Waals surface area contributed by atoms with Crippen LogP contribution in [0.2, 0.25) is 0 Å². The van der Waals surface area contributed by atoms with Crippen LogP contribution < -0.4 is 31.7 Å². The van der Waals surface area contributed by atoms with Gasteiger partial charge in [-0.1, -0.05) is 96.8 Å². The fraction of sp³-hybridized carbons (Fsp3) is 0.541. The molecule has 1 unspecified atom stereocenters. The number of hydrogen-bond acceptors (Lipinski definition) is 7. The maximum Gasteiger partial charge on any atom is 0.573 e. The van der Waals surface area contributed by atoms with Gasteiger partial charge in [-0.3, -0.25) is 19.2 Å². The van der Waals surface area contributed by atoms with Crippen LogP contribution >= 0.6 is 0 Å². The maximum atomic E-state index is 13.8. The normalized spacial score (nSPS) is 15.6. The van der Waals surface area contributed by atoms with Crippen molar-refractivity contribution in [1.82, 2.24) is 21.3 Å². The molecule has 0 aliphatic heterocycles. The average Bonchev–Trinajstić information content (AvgIpc) is 3.06. The molecule has 288 valence electrons. The number of carboxylic acid groups (broad SMARTS) is 1. The van der Waals surface area contributed by atoms with E-state index in [1.54, 1.807) is 39.8 Å². The van der Waals surface area contributed by atoms with Gasteiger partial charge in [0, 0.05) is 18.5 Å². The summed E-state index contributed by atoms with van der Waals surface area (Å²) in [7, 11) is 0. The third kappa shape index (κ3) is 14.5. The quantitative estimate of drug-likeness (QED) is 0.118. The minimum Gasteiger partial charge on any atom is -0.480 e. The summed E-state index contributed by atoms with van der Waals surface area (Å²) in [5.74, 6) is -5.19. The van der Waals surface area contributed by atoms with Crippen molar-refractivity contribution in [1.29, 1.82) is 0 Å². The summed E-state index contributed by atoms with van der Waals surface area (Å²) in [6.07, 6.45) is -4.31. The molecule has 7 atom stereocenters. The van der Waals surface area contributed by atoms with E-state index >= 15 is 0 Å². The molecule has 2 rings (SSSR count). The summed E-state index contributed by atoms with van der Waals surface area (Å²) < 4.78 is 42.1. The zero-order valence-corrected chi connectivity index (χ0v) is 30.5. The second-order valence-corrected chi connectivity index (χ2v) is 13.5. The molecule has 0 heterocycles. The van der Waals surface area contributed by atoms with Crippen molar-refractivity contribution in [3.63, 3.8) is 0 Å². The molecule has 0 spiro atoms. The van der Waals surface area contributed by atoms with Crippen LogP contribution in [0, 0.1) is 17.8 Å². The van der Waals surface area contributed by atoms with Gasteiger partial charge in [-0.2, -0.15) is 0 Å².